The highest BCUT2D eigenvalue weighted by atomic mass is 35.5. The van der Waals surface area contributed by atoms with E-state index in [4.69, 9.17) is 11.6 Å². The third-order valence-electron chi connectivity index (χ3n) is 4.00. The first-order valence-electron chi connectivity index (χ1n) is 8.91. The molecule has 0 fully saturated rings. The zero-order chi connectivity index (χ0) is 15.8. The van der Waals surface area contributed by atoms with Gasteiger partial charge in [-0.3, -0.25) is 4.79 Å². The topological polar surface area (TPSA) is 26.3 Å². The van der Waals surface area contributed by atoms with E-state index in [-0.39, 0.29) is 5.97 Å². The Morgan fingerprint density at radius 1 is 0.857 bits per heavy atom. The molecular formula is C18H35ClO2. The molecule has 2 nitrogen and oxygen atoms in total. The number of ether oxygens (including phenoxy) is 1. The van der Waals surface area contributed by atoms with Crippen molar-refractivity contribution in [3.63, 3.8) is 0 Å². The van der Waals surface area contributed by atoms with Crippen molar-refractivity contribution in [3.05, 3.63) is 0 Å². The van der Waals surface area contributed by atoms with E-state index in [2.05, 4.69) is 11.7 Å². The molecule has 3 heteroatoms. The Labute approximate surface area is 137 Å². The molecule has 0 saturated heterocycles. The lowest BCUT2D eigenvalue weighted by Crippen LogP contribution is -1.99. The standard InChI is InChI=1S/C18H35ClO2/c1-3-4-5-11-14-17(19)15-12-9-7-6-8-10-13-16-18(20)21-2/h17H,3-16H2,1-2H3. The summed E-state index contributed by atoms with van der Waals surface area (Å²) in [6.07, 6.45) is 16.7. The van der Waals surface area contributed by atoms with Crippen molar-refractivity contribution >= 4 is 17.6 Å². The van der Waals surface area contributed by atoms with Crippen molar-refractivity contribution < 1.29 is 9.53 Å². The van der Waals surface area contributed by atoms with E-state index < -0.39 is 0 Å². The second kappa shape index (κ2) is 16.1. The fourth-order valence-electron chi connectivity index (χ4n) is 2.56. The maximum atomic E-state index is 10.9. The molecular weight excluding hydrogens is 284 g/mol. The molecule has 0 bridgehead atoms. The minimum atomic E-state index is -0.0814. The fraction of sp³-hybridized carbons (Fsp3) is 0.944. The molecule has 1 atom stereocenters. The van der Waals surface area contributed by atoms with Crippen LogP contribution < -0.4 is 0 Å². The Morgan fingerprint density at radius 3 is 1.86 bits per heavy atom. The maximum absolute atomic E-state index is 10.9. The summed E-state index contributed by atoms with van der Waals surface area (Å²) in [6, 6.07) is 0. The SMILES string of the molecule is CCCCCCC(Cl)CCCCCCCCCC(=O)OC. The molecule has 0 spiro atoms. The Bertz CT molecular complexity index is 231. The van der Waals surface area contributed by atoms with E-state index in [0.717, 1.165) is 12.8 Å². The average Bonchev–Trinajstić information content (AvgIpc) is 2.49. The van der Waals surface area contributed by atoms with E-state index in [0.29, 0.717) is 11.8 Å². The van der Waals surface area contributed by atoms with Crippen molar-refractivity contribution in [2.45, 2.75) is 102 Å². The van der Waals surface area contributed by atoms with Gasteiger partial charge in [-0.05, 0) is 19.3 Å². The molecule has 0 aromatic heterocycles. The number of hydrogen-bond acceptors (Lipinski definition) is 2. The van der Waals surface area contributed by atoms with Crippen molar-refractivity contribution in [2.75, 3.05) is 7.11 Å². The molecule has 0 heterocycles. The van der Waals surface area contributed by atoms with Crippen LogP contribution >= 0.6 is 11.6 Å². The minimum absolute atomic E-state index is 0.0814. The lowest BCUT2D eigenvalue weighted by molar-refractivity contribution is -0.140. The van der Waals surface area contributed by atoms with Crippen LogP contribution in [-0.4, -0.2) is 18.5 Å². The highest BCUT2D eigenvalue weighted by Gasteiger charge is 2.04. The molecule has 0 aliphatic rings. The van der Waals surface area contributed by atoms with Gasteiger partial charge in [0.15, 0.2) is 0 Å². The number of hydrogen-bond donors (Lipinski definition) is 0. The van der Waals surface area contributed by atoms with Crippen molar-refractivity contribution in [1.29, 1.82) is 0 Å². The lowest BCUT2D eigenvalue weighted by Gasteiger charge is -2.09. The summed E-state index contributed by atoms with van der Waals surface area (Å²) in [6.45, 7) is 2.24. The van der Waals surface area contributed by atoms with Gasteiger partial charge in [0, 0.05) is 11.8 Å². The third kappa shape index (κ3) is 16.0. The zero-order valence-corrected chi connectivity index (χ0v) is 14.9. The highest BCUT2D eigenvalue weighted by molar-refractivity contribution is 6.20. The quantitative estimate of drug-likeness (QED) is 0.203. The number of carbonyl (C=O) groups excluding carboxylic acids is 1. The molecule has 21 heavy (non-hydrogen) atoms. The molecule has 126 valence electrons. The molecule has 0 saturated carbocycles. The maximum Gasteiger partial charge on any atom is 0.305 e. The fourth-order valence-corrected chi connectivity index (χ4v) is 2.87. The summed E-state index contributed by atoms with van der Waals surface area (Å²) < 4.78 is 4.62. The van der Waals surface area contributed by atoms with Crippen LogP contribution in [0.5, 0.6) is 0 Å². The van der Waals surface area contributed by atoms with Crippen molar-refractivity contribution in [1.82, 2.24) is 0 Å². The van der Waals surface area contributed by atoms with Crippen LogP contribution in [0.2, 0.25) is 0 Å². The van der Waals surface area contributed by atoms with Crippen LogP contribution in [0, 0.1) is 0 Å². The first kappa shape index (κ1) is 20.8. The number of halogens is 1. The lowest BCUT2D eigenvalue weighted by atomic mass is 10.0. The number of unbranched alkanes of at least 4 members (excludes halogenated alkanes) is 9. The van der Waals surface area contributed by atoms with E-state index in [1.807, 2.05) is 0 Å². The van der Waals surface area contributed by atoms with Gasteiger partial charge in [-0.15, -0.1) is 11.6 Å². The Balaban J connectivity index is 3.15. The monoisotopic (exact) mass is 318 g/mol. The van der Waals surface area contributed by atoms with Crippen LogP contribution in [0.3, 0.4) is 0 Å². The Kier molecular flexibility index (Phi) is 16.0. The Hall–Kier alpha value is -0.240. The summed E-state index contributed by atoms with van der Waals surface area (Å²) in [7, 11) is 1.45. The normalized spacial score (nSPS) is 12.3. The Morgan fingerprint density at radius 2 is 1.33 bits per heavy atom. The minimum Gasteiger partial charge on any atom is -0.469 e. The number of methoxy groups -OCH3 is 1. The van der Waals surface area contributed by atoms with Gasteiger partial charge in [-0.1, -0.05) is 71.1 Å². The molecule has 0 aliphatic carbocycles. The molecule has 1 unspecified atom stereocenters. The summed E-state index contributed by atoms with van der Waals surface area (Å²) in [4.78, 5) is 10.9. The van der Waals surface area contributed by atoms with Gasteiger partial charge in [0.1, 0.15) is 0 Å². The van der Waals surface area contributed by atoms with Crippen LogP contribution in [0.15, 0.2) is 0 Å². The van der Waals surface area contributed by atoms with Gasteiger partial charge in [0.2, 0.25) is 0 Å². The average molecular weight is 319 g/mol. The van der Waals surface area contributed by atoms with Crippen molar-refractivity contribution in [3.8, 4) is 0 Å². The third-order valence-corrected chi connectivity index (χ3v) is 4.43. The van der Waals surface area contributed by atoms with Crippen LogP contribution in [0.4, 0.5) is 0 Å². The summed E-state index contributed by atoms with van der Waals surface area (Å²) in [5.41, 5.74) is 0. The van der Waals surface area contributed by atoms with E-state index in [9.17, 15) is 4.79 Å². The summed E-state index contributed by atoms with van der Waals surface area (Å²) in [5.74, 6) is -0.0814. The summed E-state index contributed by atoms with van der Waals surface area (Å²) >= 11 is 6.34. The molecule has 0 aliphatic heterocycles. The van der Waals surface area contributed by atoms with E-state index in [1.54, 1.807) is 0 Å². The molecule has 0 aromatic carbocycles. The first-order chi connectivity index (χ1) is 10.2. The van der Waals surface area contributed by atoms with Crippen LogP contribution in [0.25, 0.3) is 0 Å². The second-order valence-corrected chi connectivity index (χ2v) is 6.65. The summed E-state index contributed by atoms with van der Waals surface area (Å²) in [5, 5.41) is 0.391. The molecule has 0 N–H and O–H groups in total. The van der Waals surface area contributed by atoms with Gasteiger partial charge in [0.25, 0.3) is 0 Å². The molecule has 0 rings (SSSR count). The predicted molar refractivity (Wildman–Crippen MR) is 92.0 cm³/mol. The van der Waals surface area contributed by atoms with Crippen LogP contribution in [-0.2, 0) is 9.53 Å². The van der Waals surface area contributed by atoms with E-state index >= 15 is 0 Å². The zero-order valence-electron chi connectivity index (χ0n) is 14.2. The van der Waals surface area contributed by atoms with Gasteiger partial charge in [-0.25, -0.2) is 0 Å². The predicted octanol–water partition coefficient (Wildman–Crippen LogP) is 6.25. The first-order valence-corrected chi connectivity index (χ1v) is 9.35. The van der Waals surface area contributed by atoms with Gasteiger partial charge < -0.3 is 4.74 Å². The smallest absolute Gasteiger partial charge is 0.305 e. The number of carbonyl (C=O) groups is 1. The largest absolute Gasteiger partial charge is 0.469 e. The van der Waals surface area contributed by atoms with Crippen LogP contribution in [0.1, 0.15) is 96.8 Å². The molecule has 0 amide bonds. The van der Waals surface area contributed by atoms with Gasteiger partial charge in [0.05, 0.1) is 7.11 Å². The van der Waals surface area contributed by atoms with Gasteiger partial charge in [-0.2, -0.15) is 0 Å². The van der Waals surface area contributed by atoms with Crippen molar-refractivity contribution in [2.24, 2.45) is 0 Å². The van der Waals surface area contributed by atoms with Gasteiger partial charge >= 0.3 is 5.97 Å². The number of alkyl halides is 1. The number of rotatable bonds is 15. The molecule has 0 aromatic rings. The highest BCUT2D eigenvalue weighted by Crippen LogP contribution is 2.17. The second-order valence-electron chi connectivity index (χ2n) is 6.04. The molecule has 0 radical (unpaired) electrons. The number of esters is 1. The van der Waals surface area contributed by atoms with E-state index in [1.165, 1.54) is 77.7 Å².